The van der Waals surface area contributed by atoms with E-state index in [1.54, 1.807) is 12.1 Å². The lowest BCUT2D eigenvalue weighted by atomic mass is 9.88. The number of phenols is 1. The number of nitrogens with one attached hydrogen (secondary N) is 2. The van der Waals surface area contributed by atoms with Gasteiger partial charge in [0.15, 0.2) is 0 Å². The fourth-order valence-electron chi connectivity index (χ4n) is 3.12. The van der Waals surface area contributed by atoms with Gasteiger partial charge in [0.1, 0.15) is 5.75 Å². The standard InChI is InChI=1S/C22H28N4O/c1-3-23-15-19-14-18(7-4-16(19)2)21-11-13-25-22(26-21)24-12-10-17-5-8-20(27)9-6-17/h5-9,11,13-14,16,23,27H,3-4,10,12,15H2,1-2H3,(H,24,25,26). The lowest BCUT2D eigenvalue weighted by molar-refractivity contribution is 0.475. The van der Waals surface area contributed by atoms with E-state index in [0.29, 0.717) is 17.6 Å². The van der Waals surface area contributed by atoms with Gasteiger partial charge in [-0.25, -0.2) is 9.97 Å². The Hall–Kier alpha value is -2.66. The van der Waals surface area contributed by atoms with E-state index in [9.17, 15) is 5.11 Å². The zero-order chi connectivity index (χ0) is 19.1. The third-order valence-electron chi connectivity index (χ3n) is 4.83. The van der Waals surface area contributed by atoms with Crippen LogP contribution in [0.4, 0.5) is 5.95 Å². The quantitative estimate of drug-likeness (QED) is 0.665. The molecule has 1 aromatic heterocycles. The molecule has 3 N–H and O–H groups in total. The molecule has 0 aliphatic heterocycles. The molecule has 27 heavy (non-hydrogen) atoms. The van der Waals surface area contributed by atoms with Crippen molar-refractivity contribution in [1.82, 2.24) is 15.3 Å². The summed E-state index contributed by atoms with van der Waals surface area (Å²) in [6, 6.07) is 9.24. The maximum atomic E-state index is 9.35. The second-order valence-corrected chi connectivity index (χ2v) is 6.90. The SMILES string of the molecule is CCNCC1=CC(c2ccnc(NCCc3ccc(O)cc3)n2)=CCC1C. The van der Waals surface area contributed by atoms with Crippen molar-refractivity contribution in [2.45, 2.75) is 26.7 Å². The molecule has 1 aromatic carbocycles. The Bertz CT molecular complexity index is 811. The summed E-state index contributed by atoms with van der Waals surface area (Å²) in [6.45, 7) is 7.05. The fourth-order valence-corrected chi connectivity index (χ4v) is 3.12. The third kappa shape index (κ3) is 5.41. The number of hydrogen-bond donors (Lipinski definition) is 3. The highest BCUT2D eigenvalue weighted by atomic mass is 16.3. The van der Waals surface area contributed by atoms with Crippen LogP contribution in [0.3, 0.4) is 0 Å². The Morgan fingerprint density at radius 3 is 2.78 bits per heavy atom. The normalized spacial score (nSPS) is 16.6. The molecular weight excluding hydrogens is 336 g/mol. The molecule has 1 heterocycles. The summed E-state index contributed by atoms with van der Waals surface area (Å²) in [7, 11) is 0. The Morgan fingerprint density at radius 2 is 2.00 bits per heavy atom. The molecule has 142 valence electrons. The van der Waals surface area contributed by atoms with Crippen molar-refractivity contribution in [2.24, 2.45) is 5.92 Å². The Balaban J connectivity index is 1.63. The van der Waals surface area contributed by atoms with Crippen molar-refractivity contribution in [3.63, 3.8) is 0 Å². The highest BCUT2D eigenvalue weighted by Gasteiger charge is 2.15. The van der Waals surface area contributed by atoms with Gasteiger partial charge in [0.25, 0.3) is 0 Å². The summed E-state index contributed by atoms with van der Waals surface area (Å²) in [6.07, 6.45) is 8.23. The number of aromatic nitrogens is 2. The molecular formula is C22H28N4O. The number of anilines is 1. The van der Waals surface area contributed by atoms with E-state index in [2.05, 4.69) is 46.6 Å². The van der Waals surface area contributed by atoms with E-state index in [0.717, 1.165) is 43.7 Å². The summed E-state index contributed by atoms with van der Waals surface area (Å²) in [5.41, 5.74) is 4.72. The summed E-state index contributed by atoms with van der Waals surface area (Å²) in [4.78, 5) is 9.03. The number of allylic oxidation sites excluding steroid dienone is 3. The van der Waals surface area contributed by atoms with Crippen LogP contribution in [0.5, 0.6) is 5.75 Å². The molecule has 0 saturated heterocycles. The largest absolute Gasteiger partial charge is 0.508 e. The van der Waals surface area contributed by atoms with Crippen LogP contribution in [0.1, 0.15) is 31.5 Å². The van der Waals surface area contributed by atoms with Crippen LogP contribution in [-0.4, -0.2) is 34.7 Å². The lowest BCUT2D eigenvalue weighted by Crippen LogP contribution is -2.20. The third-order valence-corrected chi connectivity index (χ3v) is 4.83. The van der Waals surface area contributed by atoms with Crippen molar-refractivity contribution in [3.8, 4) is 5.75 Å². The summed E-state index contributed by atoms with van der Waals surface area (Å²) >= 11 is 0. The number of benzene rings is 1. The average Bonchev–Trinajstić information content (AvgIpc) is 2.69. The molecule has 0 spiro atoms. The number of nitrogens with zero attached hydrogens (tertiary/aromatic N) is 2. The topological polar surface area (TPSA) is 70.1 Å². The predicted octanol–water partition coefficient (Wildman–Crippen LogP) is 3.80. The molecule has 1 aliphatic rings. The van der Waals surface area contributed by atoms with Gasteiger partial charge in [-0.15, -0.1) is 0 Å². The van der Waals surface area contributed by atoms with E-state index in [-0.39, 0.29) is 0 Å². The molecule has 1 unspecified atom stereocenters. The van der Waals surface area contributed by atoms with Crippen LogP contribution < -0.4 is 10.6 Å². The predicted molar refractivity (Wildman–Crippen MR) is 111 cm³/mol. The first kappa shape index (κ1) is 19.1. The van der Waals surface area contributed by atoms with Gasteiger partial charge in [0.05, 0.1) is 5.69 Å². The van der Waals surface area contributed by atoms with Crippen molar-refractivity contribution >= 4 is 11.5 Å². The minimum absolute atomic E-state index is 0.291. The Kier molecular flexibility index (Phi) is 6.60. The van der Waals surface area contributed by atoms with Crippen molar-refractivity contribution in [3.05, 3.63) is 65.5 Å². The molecule has 0 bridgehead atoms. The van der Waals surface area contributed by atoms with Crippen LogP contribution >= 0.6 is 0 Å². The number of phenolic OH excluding ortho intramolecular Hbond substituents is 1. The van der Waals surface area contributed by atoms with E-state index in [4.69, 9.17) is 0 Å². The first-order valence-electron chi connectivity index (χ1n) is 9.62. The van der Waals surface area contributed by atoms with Crippen LogP contribution in [0.15, 0.2) is 54.3 Å². The highest BCUT2D eigenvalue weighted by molar-refractivity contribution is 5.74. The van der Waals surface area contributed by atoms with Crippen LogP contribution in [-0.2, 0) is 6.42 Å². The average molecular weight is 364 g/mol. The maximum absolute atomic E-state index is 9.35. The van der Waals surface area contributed by atoms with Crippen molar-refractivity contribution < 1.29 is 5.11 Å². The van der Waals surface area contributed by atoms with Crippen LogP contribution in [0.25, 0.3) is 5.57 Å². The monoisotopic (exact) mass is 364 g/mol. The maximum Gasteiger partial charge on any atom is 0.223 e. The molecule has 1 aliphatic carbocycles. The molecule has 0 saturated carbocycles. The Labute approximate surface area is 161 Å². The minimum atomic E-state index is 0.291. The van der Waals surface area contributed by atoms with Gasteiger partial charge in [-0.1, -0.05) is 43.7 Å². The smallest absolute Gasteiger partial charge is 0.223 e. The first-order chi connectivity index (χ1) is 13.2. The van der Waals surface area contributed by atoms with Gasteiger partial charge in [-0.2, -0.15) is 0 Å². The minimum Gasteiger partial charge on any atom is -0.508 e. The van der Waals surface area contributed by atoms with E-state index in [1.165, 1.54) is 11.1 Å². The van der Waals surface area contributed by atoms with Gasteiger partial charge < -0.3 is 15.7 Å². The molecule has 0 radical (unpaired) electrons. The second kappa shape index (κ2) is 9.33. The van der Waals surface area contributed by atoms with Crippen LogP contribution in [0, 0.1) is 5.92 Å². The van der Waals surface area contributed by atoms with E-state index >= 15 is 0 Å². The number of rotatable bonds is 8. The van der Waals surface area contributed by atoms with Gasteiger partial charge in [-0.3, -0.25) is 0 Å². The molecule has 0 amide bonds. The molecule has 5 nitrogen and oxygen atoms in total. The number of likely N-dealkylation sites (N-methyl/N-ethyl adjacent to an activating group) is 1. The van der Waals surface area contributed by atoms with Crippen molar-refractivity contribution in [1.29, 1.82) is 0 Å². The lowest BCUT2D eigenvalue weighted by Gasteiger charge is -2.21. The summed E-state index contributed by atoms with van der Waals surface area (Å²) in [5.74, 6) is 1.50. The molecule has 5 heteroatoms. The van der Waals surface area contributed by atoms with Gasteiger partial charge in [0, 0.05) is 19.3 Å². The zero-order valence-corrected chi connectivity index (χ0v) is 16.1. The Morgan fingerprint density at radius 1 is 1.19 bits per heavy atom. The highest BCUT2D eigenvalue weighted by Crippen LogP contribution is 2.28. The summed E-state index contributed by atoms with van der Waals surface area (Å²) in [5, 5.41) is 16.1. The number of hydrogen-bond acceptors (Lipinski definition) is 5. The number of aromatic hydroxyl groups is 1. The van der Waals surface area contributed by atoms with Gasteiger partial charge in [-0.05, 0) is 54.6 Å². The van der Waals surface area contributed by atoms with Gasteiger partial charge >= 0.3 is 0 Å². The molecule has 0 fully saturated rings. The summed E-state index contributed by atoms with van der Waals surface area (Å²) < 4.78 is 0. The second-order valence-electron chi connectivity index (χ2n) is 6.90. The van der Waals surface area contributed by atoms with Crippen molar-refractivity contribution in [2.75, 3.05) is 25.0 Å². The van der Waals surface area contributed by atoms with E-state index in [1.807, 2.05) is 24.4 Å². The molecule has 1 atom stereocenters. The van der Waals surface area contributed by atoms with E-state index < -0.39 is 0 Å². The van der Waals surface area contributed by atoms with Crippen LogP contribution in [0.2, 0.25) is 0 Å². The molecule has 3 rings (SSSR count). The zero-order valence-electron chi connectivity index (χ0n) is 16.1. The fraction of sp³-hybridized carbons (Fsp3) is 0.364. The van der Waals surface area contributed by atoms with Gasteiger partial charge in [0.2, 0.25) is 5.95 Å². The first-order valence-corrected chi connectivity index (χ1v) is 9.62. The molecule has 2 aromatic rings.